The van der Waals surface area contributed by atoms with Gasteiger partial charge >= 0.3 is 0 Å². The molecular weight excluding hydrogens is 388 g/mol. The van der Waals surface area contributed by atoms with Crippen LogP contribution in [0.15, 0.2) is 72.8 Å². The fourth-order valence-corrected chi connectivity index (χ4v) is 2.44. The summed E-state index contributed by atoms with van der Waals surface area (Å²) in [6, 6.07) is 18.7. The molecule has 3 rings (SSSR count). The third-order valence-corrected chi connectivity index (χ3v) is 3.85. The molecule has 4 N–H and O–H groups in total. The summed E-state index contributed by atoms with van der Waals surface area (Å²) in [4.78, 5) is 23.9. The number of hydrogen-bond donors (Lipinski definition) is 4. The number of nitrogens with one attached hydrogen (secondary N) is 2. The molecule has 0 unspecified atom stereocenters. The van der Waals surface area contributed by atoms with E-state index in [9.17, 15) is 19.8 Å². The minimum Gasteiger partial charge on any atom is -0.508 e. The van der Waals surface area contributed by atoms with Gasteiger partial charge in [-0.25, -0.2) is 0 Å². The molecule has 0 aliphatic carbocycles. The van der Waals surface area contributed by atoms with Crippen molar-refractivity contribution in [3.8, 4) is 23.0 Å². The van der Waals surface area contributed by atoms with E-state index in [0.717, 1.165) is 0 Å². The quantitative estimate of drug-likeness (QED) is 0.426. The van der Waals surface area contributed by atoms with Crippen LogP contribution in [0.4, 0.5) is 11.4 Å². The van der Waals surface area contributed by atoms with E-state index < -0.39 is 0 Å². The Hall–Kier alpha value is -4.20. The van der Waals surface area contributed by atoms with Crippen molar-refractivity contribution in [2.45, 2.75) is 0 Å². The summed E-state index contributed by atoms with van der Waals surface area (Å²) in [5.41, 5.74) is 1.08. The Morgan fingerprint density at radius 2 is 1.07 bits per heavy atom. The predicted molar refractivity (Wildman–Crippen MR) is 111 cm³/mol. The van der Waals surface area contributed by atoms with Crippen LogP contribution in [0.5, 0.6) is 23.0 Å². The fraction of sp³-hybridized carbons (Fsp3) is 0.0909. The second kappa shape index (κ2) is 9.83. The van der Waals surface area contributed by atoms with Crippen molar-refractivity contribution in [1.29, 1.82) is 0 Å². The topological polar surface area (TPSA) is 117 Å². The van der Waals surface area contributed by atoms with Gasteiger partial charge in [0.2, 0.25) is 0 Å². The predicted octanol–water partition coefficient (Wildman–Crippen LogP) is 3.13. The first-order valence-electron chi connectivity index (χ1n) is 9.01. The molecule has 8 nitrogen and oxygen atoms in total. The number of anilines is 2. The van der Waals surface area contributed by atoms with Crippen LogP contribution in [-0.4, -0.2) is 35.2 Å². The first-order chi connectivity index (χ1) is 14.5. The third-order valence-electron chi connectivity index (χ3n) is 3.85. The molecule has 0 aromatic heterocycles. The Kier molecular flexibility index (Phi) is 6.73. The Labute approximate surface area is 172 Å². The number of ether oxygens (including phenoxy) is 2. The first kappa shape index (κ1) is 20.5. The number of phenols is 2. The van der Waals surface area contributed by atoms with E-state index in [1.165, 1.54) is 24.3 Å². The average molecular weight is 408 g/mol. The van der Waals surface area contributed by atoms with E-state index in [1.807, 2.05) is 0 Å². The summed E-state index contributed by atoms with van der Waals surface area (Å²) in [6.45, 7) is -0.433. The lowest BCUT2D eigenvalue weighted by Gasteiger charge is -2.10. The number of benzene rings is 3. The van der Waals surface area contributed by atoms with E-state index in [1.54, 1.807) is 48.5 Å². The zero-order valence-corrected chi connectivity index (χ0v) is 15.9. The van der Waals surface area contributed by atoms with Gasteiger partial charge in [0, 0.05) is 17.4 Å². The molecule has 2 amide bonds. The molecule has 0 bridgehead atoms. The molecule has 8 heteroatoms. The molecule has 0 spiro atoms. The number of aromatic hydroxyl groups is 2. The van der Waals surface area contributed by atoms with E-state index in [-0.39, 0.29) is 36.5 Å². The van der Waals surface area contributed by atoms with Crippen molar-refractivity contribution < 1.29 is 29.3 Å². The van der Waals surface area contributed by atoms with Gasteiger partial charge in [0.05, 0.1) is 0 Å². The second-order valence-corrected chi connectivity index (χ2v) is 6.24. The standard InChI is InChI=1S/C22H20N2O6/c25-17-8-4-15(5-9-17)23-21(27)13-29-19-2-1-3-20(12-19)30-14-22(28)24-16-6-10-18(26)11-7-16/h1-12,25-26H,13-14H2,(H,23,27)(H,24,28). The Bertz CT molecular complexity index is 924. The molecule has 0 atom stereocenters. The van der Waals surface area contributed by atoms with Gasteiger partial charge in [-0.2, -0.15) is 0 Å². The molecule has 0 radical (unpaired) electrons. The largest absolute Gasteiger partial charge is 0.508 e. The lowest BCUT2D eigenvalue weighted by atomic mass is 10.3. The van der Waals surface area contributed by atoms with Crippen LogP contribution in [0.1, 0.15) is 0 Å². The summed E-state index contributed by atoms with van der Waals surface area (Å²) >= 11 is 0. The van der Waals surface area contributed by atoms with Gasteiger partial charge in [0.1, 0.15) is 23.0 Å². The second-order valence-electron chi connectivity index (χ2n) is 6.24. The summed E-state index contributed by atoms with van der Waals surface area (Å²) < 4.78 is 10.9. The maximum Gasteiger partial charge on any atom is 0.262 e. The molecule has 3 aromatic rings. The van der Waals surface area contributed by atoms with Crippen LogP contribution < -0.4 is 20.1 Å². The minimum atomic E-state index is -0.361. The SMILES string of the molecule is O=C(COc1cccc(OCC(=O)Nc2ccc(O)cc2)c1)Nc1ccc(O)cc1. The van der Waals surface area contributed by atoms with Crippen molar-refractivity contribution in [2.24, 2.45) is 0 Å². The number of amides is 2. The van der Waals surface area contributed by atoms with Crippen LogP contribution in [-0.2, 0) is 9.59 Å². The molecule has 0 fully saturated rings. The smallest absolute Gasteiger partial charge is 0.262 e. The lowest BCUT2D eigenvalue weighted by Crippen LogP contribution is -2.20. The summed E-state index contributed by atoms with van der Waals surface area (Å²) in [6.07, 6.45) is 0. The van der Waals surface area contributed by atoms with Crippen molar-refractivity contribution >= 4 is 23.2 Å². The Morgan fingerprint density at radius 1 is 0.667 bits per heavy atom. The Balaban J connectivity index is 1.45. The highest BCUT2D eigenvalue weighted by atomic mass is 16.5. The van der Waals surface area contributed by atoms with Gasteiger partial charge in [0.15, 0.2) is 13.2 Å². The highest BCUT2D eigenvalue weighted by Gasteiger charge is 2.07. The number of phenolic OH excluding ortho intramolecular Hbond substituents is 2. The minimum absolute atomic E-state index is 0.109. The van der Waals surface area contributed by atoms with Crippen LogP contribution in [0, 0.1) is 0 Å². The molecule has 0 saturated heterocycles. The average Bonchev–Trinajstić information content (AvgIpc) is 2.74. The maximum absolute atomic E-state index is 12.0. The summed E-state index contributed by atoms with van der Waals surface area (Å²) in [7, 11) is 0. The molecule has 154 valence electrons. The number of carbonyl (C=O) groups is 2. The van der Waals surface area contributed by atoms with Gasteiger partial charge in [-0.15, -0.1) is 0 Å². The van der Waals surface area contributed by atoms with E-state index in [4.69, 9.17) is 9.47 Å². The van der Waals surface area contributed by atoms with Crippen molar-refractivity contribution in [2.75, 3.05) is 23.8 Å². The zero-order chi connectivity index (χ0) is 21.3. The zero-order valence-electron chi connectivity index (χ0n) is 15.9. The van der Waals surface area contributed by atoms with Gasteiger partial charge in [0.25, 0.3) is 11.8 Å². The maximum atomic E-state index is 12.0. The number of carbonyl (C=O) groups excluding carboxylic acids is 2. The van der Waals surface area contributed by atoms with Gasteiger partial charge in [-0.3, -0.25) is 9.59 Å². The van der Waals surface area contributed by atoms with Crippen LogP contribution in [0.25, 0.3) is 0 Å². The highest BCUT2D eigenvalue weighted by Crippen LogP contribution is 2.20. The van der Waals surface area contributed by atoms with Gasteiger partial charge < -0.3 is 30.3 Å². The van der Waals surface area contributed by atoms with Crippen LogP contribution in [0.2, 0.25) is 0 Å². The van der Waals surface area contributed by atoms with E-state index >= 15 is 0 Å². The summed E-state index contributed by atoms with van der Waals surface area (Å²) in [5, 5.41) is 23.8. The van der Waals surface area contributed by atoms with Crippen molar-refractivity contribution in [1.82, 2.24) is 0 Å². The van der Waals surface area contributed by atoms with Gasteiger partial charge in [-0.1, -0.05) is 6.07 Å². The number of hydrogen-bond acceptors (Lipinski definition) is 6. The Morgan fingerprint density at radius 3 is 1.47 bits per heavy atom. The molecule has 0 aliphatic rings. The molecule has 0 saturated carbocycles. The van der Waals surface area contributed by atoms with E-state index in [0.29, 0.717) is 22.9 Å². The highest BCUT2D eigenvalue weighted by molar-refractivity contribution is 5.92. The summed E-state index contributed by atoms with van der Waals surface area (Å²) in [5.74, 6) is 0.316. The van der Waals surface area contributed by atoms with Crippen LogP contribution >= 0.6 is 0 Å². The van der Waals surface area contributed by atoms with Crippen molar-refractivity contribution in [3.05, 3.63) is 72.8 Å². The fourth-order valence-electron chi connectivity index (χ4n) is 2.44. The lowest BCUT2D eigenvalue weighted by molar-refractivity contribution is -0.118. The molecular formula is C22H20N2O6. The molecule has 0 heterocycles. The van der Waals surface area contributed by atoms with Crippen molar-refractivity contribution in [3.63, 3.8) is 0 Å². The molecule has 3 aromatic carbocycles. The molecule has 0 aliphatic heterocycles. The molecule has 30 heavy (non-hydrogen) atoms. The van der Waals surface area contributed by atoms with E-state index in [2.05, 4.69) is 10.6 Å². The first-order valence-corrected chi connectivity index (χ1v) is 9.01. The third kappa shape index (κ3) is 6.45. The monoisotopic (exact) mass is 408 g/mol. The normalized spacial score (nSPS) is 10.1. The van der Waals surface area contributed by atoms with Gasteiger partial charge in [-0.05, 0) is 60.7 Å². The number of rotatable bonds is 8. The van der Waals surface area contributed by atoms with Crippen LogP contribution in [0.3, 0.4) is 0 Å².